The normalized spacial score (nSPS) is 12.2. The molecule has 1 amide bonds. The highest BCUT2D eigenvalue weighted by molar-refractivity contribution is 5.85. The highest BCUT2D eigenvalue weighted by atomic mass is 35.5. The van der Waals surface area contributed by atoms with E-state index in [0.29, 0.717) is 19.6 Å². The van der Waals surface area contributed by atoms with Crippen molar-refractivity contribution in [1.29, 1.82) is 0 Å². The molecule has 0 saturated carbocycles. The lowest BCUT2D eigenvalue weighted by molar-refractivity contribution is -0.123. The van der Waals surface area contributed by atoms with Gasteiger partial charge in [0.15, 0.2) is 0 Å². The Morgan fingerprint density at radius 2 is 1.68 bits per heavy atom. The lowest BCUT2D eigenvalue weighted by atomic mass is 10.1. The summed E-state index contributed by atoms with van der Waals surface area (Å²) in [4.78, 5) is 16.7. The molecule has 2 atom stereocenters. The molecule has 0 aliphatic carbocycles. The van der Waals surface area contributed by atoms with E-state index < -0.39 is 6.04 Å². The lowest BCUT2D eigenvalue weighted by Gasteiger charge is -2.17. The van der Waals surface area contributed by atoms with E-state index in [1.54, 1.807) is 6.33 Å². The quantitative estimate of drug-likeness (QED) is 0.481. The number of nitrogens with two attached hydrogens (primary N) is 1. The smallest absolute Gasteiger partial charge is 0.237 e. The number of imidazole rings is 1. The highest BCUT2D eigenvalue weighted by Gasteiger charge is 2.17. The Hall–Kier alpha value is -2.38. The monoisotopic (exact) mass is 464 g/mol. The van der Waals surface area contributed by atoms with Gasteiger partial charge in [-0.05, 0) is 18.1 Å². The fourth-order valence-electron chi connectivity index (χ4n) is 3.03. The molecule has 6 nitrogen and oxygen atoms in total. The molecule has 1 aromatic heterocycles. The van der Waals surface area contributed by atoms with Gasteiger partial charge < -0.3 is 20.4 Å². The molecule has 3 N–H and O–H groups in total. The van der Waals surface area contributed by atoms with Crippen LogP contribution in [0.3, 0.4) is 0 Å². The predicted molar refractivity (Wildman–Crippen MR) is 128 cm³/mol. The third-order valence-corrected chi connectivity index (χ3v) is 4.53. The zero-order valence-corrected chi connectivity index (χ0v) is 19.1. The zero-order valence-electron chi connectivity index (χ0n) is 17.5. The average molecular weight is 465 g/mol. The maximum absolute atomic E-state index is 12.4. The Balaban J connectivity index is 0.00000240. The molecular formula is C23H30Cl2N4O2. The molecule has 0 fully saturated rings. The van der Waals surface area contributed by atoms with Gasteiger partial charge in [0.05, 0.1) is 31.3 Å². The largest absolute Gasteiger partial charge is 0.375 e. The average Bonchev–Trinajstić information content (AvgIpc) is 3.16. The lowest BCUT2D eigenvalue weighted by Crippen LogP contribution is -2.46. The fraction of sp³-hybridized carbons (Fsp3) is 0.304. The predicted octanol–water partition coefficient (Wildman–Crippen LogP) is 3.37. The van der Waals surface area contributed by atoms with Crippen LogP contribution in [0.25, 0.3) is 0 Å². The van der Waals surface area contributed by atoms with E-state index in [4.69, 9.17) is 10.5 Å². The summed E-state index contributed by atoms with van der Waals surface area (Å²) in [5.41, 5.74) is 9.18. The molecule has 1 unspecified atom stereocenters. The van der Waals surface area contributed by atoms with Gasteiger partial charge in [-0.15, -0.1) is 24.8 Å². The summed E-state index contributed by atoms with van der Waals surface area (Å²) in [5.74, 6) is -0.196. The summed E-state index contributed by atoms with van der Waals surface area (Å²) < 4.78 is 7.66. The summed E-state index contributed by atoms with van der Waals surface area (Å²) in [6.07, 6.45) is 4.10. The first-order valence-electron chi connectivity index (χ1n) is 9.82. The second-order valence-corrected chi connectivity index (χ2v) is 7.24. The van der Waals surface area contributed by atoms with E-state index >= 15 is 0 Å². The summed E-state index contributed by atoms with van der Waals surface area (Å²) >= 11 is 0. The van der Waals surface area contributed by atoms with E-state index in [1.807, 2.05) is 66.2 Å². The number of rotatable bonds is 10. The van der Waals surface area contributed by atoms with E-state index in [9.17, 15) is 4.79 Å². The van der Waals surface area contributed by atoms with E-state index in [-0.39, 0.29) is 36.8 Å². The van der Waals surface area contributed by atoms with E-state index in [1.165, 1.54) is 5.56 Å². The molecule has 0 spiro atoms. The number of halogens is 2. The van der Waals surface area contributed by atoms with Crippen molar-refractivity contribution in [3.05, 3.63) is 90.0 Å². The molecule has 1 heterocycles. The number of hydrogen-bond donors (Lipinski definition) is 2. The summed E-state index contributed by atoms with van der Waals surface area (Å²) in [6.45, 7) is 3.60. The van der Waals surface area contributed by atoms with Crippen molar-refractivity contribution in [1.82, 2.24) is 14.9 Å². The zero-order chi connectivity index (χ0) is 20.5. The minimum Gasteiger partial charge on any atom is -0.375 e. The van der Waals surface area contributed by atoms with Crippen LogP contribution in [0.5, 0.6) is 0 Å². The van der Waals surface area contributed by atoms with Crippen LogP contribution < -0.4 is 11.1 Å². The van der Waals surface area contributed by atoms with E-state index in [2.05, 4.69) is 22.4 Å². The van der Waals surface area contributed by atoms with Gasteiger partial charge in [-0.2, -0.15) is 0 Å². The van der Waals surface area contributed by atoms with Gasteiger partial charge in [-0.25, -0.2) is 4.98 Å². The Bertz CT molecular complexity index is 891. The number of benzene rings is 2. The first-order chi connectivity index (χ1) is 14.1. The topological polar surface area (TPSA) is 82.2 Å². The molecule has 8 heteroatoms. The van der Waals surface area contributed by atoms with Crippen LogP contribution in [-0.2, 0) is 29.1 Å². The highest BCUT2D eigenvalue weighted by Crippen LogP contribution is 2.06. The third kappa shape index (κ3) is 9.11. The van der Waals surface area contributed by atoms with Gasteiger partial charge in [0.25, 0.3) is 0 Å². The van der Waals surface area contributed by atoms with Gasteiger partial charge in [-0.3, -0.25) is 4.79 Å². The van der Waals surface area contributed by atoms with Crippen LogP contribution in [-0.4, -0.2) is 34.1 Å². The molecule has 3 aromatic rings. The molecule has 31 heavy (non-hydrogen) atoms. The Morgan fingerprint density at radius 1 is 1.06 bits per heavy atom. The number of carbonyl (C=O) groups is 1. The van der Waals surface area contributed by atoms with Gasteiger partial charge in [0, 0.05) is 25.2 Å². The summed E-state index contributed by atoms with van der Waals surface area (Å²) in [6, 6.07) is 19.3. The van der Waals surface area contributed by atoms with Crippen LogP contribution in [0.4, 0.5) is 0 Å². The van der Waals surface area contributed by atoms with Gasteiger partial charge in [-0.1, -0.05) is 60.7 Å². The van der Waals surface area contributed by atoms with Crippen molar-refractivity contribution in [3.63, 3.8) is 0 Å². The SMILES string of the molecule is CC(COCc1ccccc1)NC(=O)[C@@H](N)Cc1cn(Cc2ccccc2)cn1.Cl.Cl. The first kappa shape index (κ1) is 26.7. The molecule has 2 aromatic carbocycles. The van der Waals surface area contributed by atoms with Crippen LogP contribution in [0, 0.1) is 0 Å². The van der Waals surface area contributed by atoms with E-state index in [0.717, 1.165) is 17.8 Å². The van der Waals surface area contributed by atoms with Crippen LogP contribution in [0.1, 0.15) is 23.7 Å². The number of ether oxygens (including phenoxy) is 1. The third-order valence-electron chi connectivity index (χ3n) is 4.53. The summed E-state index contributed by atoms with van der Waals surface area (Å²) in [7, 11) is 0. The molecular weight excluding hydrogens is 435 g/mol. The van der Waals surface area contributed by atoms with Gasteiger partial charge in [0.2, 0.25) is 5.91 Å². The van der Waals surface area contributed by atoms with Crippen molar-refractivity contribution in [2.75, 3.05) is 6.61 Å². The maximum atomic E-state index is 12.4. The van der Waals surface area contributed by atoms with Crippen molar-refractivity contribution in [3.8, 4) is 0 Å². The molecule has 3 rings (SSSR count). The molecule has 0 bridgehead atoms. The molecule has 168 valence electrons. The minimum atomic E-state index is -0.647. The molecule has 0 aliphatic rings. The number of amides is 1. The van der Waals surface area contributed by atoms with Crippen molar-refractivity contribution in [2.45, 2.75) is 38.6 Å². The standard InChI is InChI=1S/C23H28N4O2.2ClH/c1-18(15-29-16-20-10-6-3-7-11-20)26-23(28)22(24)12-21-14-27(17-25-21)13-19-8-4-2-5-9-19;;/h2-11,14,17-18,22H,12-13,15-16,24H2,1H3,(H,26,28);2*1H/t18?,22-;;/m0../s1. The van der Waals surface area contributed by atoms with Gasteiger partial charge in [0.1, 0.15) is 0 Å². The van der Waals surface area contributed by atoms with Crippen LogP contribution in [0.2, 0.25) is 0 Å². The number of carbonyl (C=O) groups excluding carboxylic acids is 1. The number of nitrogens with zero attached hydrogens (tertiary/aromatic N) is 2. The second kappa shape index (κ2) is 13.8. The van der Waals surface area contributed by atoms with Gasteiger partial charge >= 0.3 is 0 Å². The van der Waals surface area contributed by atoms with Crippen LogP contribution in [0.15, 0.2) is 73.2 Å². The van der Waals surface area contributed by atoms with Crippen molar-refractivity contribution < 1.29 is 9.53 Å². The second-order valence-electron chi connectivity index (χ2n) is 7.24. The number of aromatic nitrogens is 2. The Kier molecular flexibility index (Phi) is 11.9. The number of nitrogens with one attached hydrogen (secondary N) is 1. The van der Waals surface area contributed by atoms with Crippen molar-refractivity contribution in [2.24, 2.45) is 5.73 Å². The summed E-state index contributed by atoms with van der Waals surface area (Å²) in [5, 5.41) is 2.91. The molecule has 0 aliphatic heterocycles. The number of hydrogen-bond acceptors (Lipinski definition) is 4. The molecule has 0 radical (unpaired) electrons. The first-order valence-corrected chi connectivity index (χ1v) is 9.82. The van der Waals surface area contributed by atoms with Crippen molar-refractivity contribution >= 4 is 30.7 Å². The fourth-order valence-corrected chi connectivity index (χ4v) is 3.03. The minimum absolute atomic E-state index is 0. The van der Waals surface area contributed by atoms with Crippen LogP contribution >= 0.6 is 24.8 Å². The maximum Gasteiger partial charge on any atom is 0.237 e. The Labute approximate surface area is 196 Å². The Morgan fingerprint density at radius 3 is 2.32 bits per heavy atom. The molecule has 0 saturated heterocycles.